The summed E-state index contributed by atoms with van der Waals surface area (Å²) in [5, 5.41) is 0. The van der Waals surface area contributed by atoms with Crippen molar-refractivity contribution in [1.29, 1.82) is 0 Å². The van der Waals surface area contributed by atoms with E-state index in [1.165, 1.54) is 24.3 Å². The molecule has 0 saturated heterocycles. The quantitative estimate of drug-likeness (QED) is 0.598. The smallest absolute Gasteiger partial charge is 0.166 e. The summed E-state index contributed by atoms with van der Waals surface area (Å²) >= 11 is 0. The van der Waals surface area contributed by atoms with Gasteiger partial charge in [0.15, 0.2) is 5.78 Å². The van der Waals surface area contributed by atoms with Crippen molar-refractivity contribution in [1.82, 2.24) is 0 Å². The Morgan fingerprint density at radius 3 is 2.30 bits per heavy atom. The van der Waals surface area contributed by atoms with Gasteiger partial charge in [-0.2, -0.15) is 0 Å². The highest BCUT2D eigenvalue weighted by Gasteiger charge is 2.06. The Labute approximate surface area is 116 Å². The summed E-state index contributed by atoms with van der Waals surface area (Å²) in [6.45, 7) is 0.233. The number of rotatable bonds is 6. The van der Waals surface area contributed by atoms with Gasteiger partial charge in [0.25, 0.3) is 0 Å². The van der Waals surface area contributed by atoms with Crippen LogP contribution < -0.4 is 4.74 Å². The lowest BCUT2D eigenvalue weighted by Gasteiger charge is -2.06. The number of benzene rings is 2. The van der Waals surface area contributed by atoms with Crippen LogP contribution >= 0.6 is 0 Å². The number of hydrogen-bond donors (Lipinski definition) is 0. The summed E-state index contributed by atoms with van der Waals surface area (Å²) in [4.78, 5) is 22.3. The van der Waals surface area contributed by atoms with Crippen molar-refractivity contribution in [3.05, 3.63) is 65.5 Å². The SMILES string of the molecule is O=Cc1ccc(OCCC(=O)c2ccc(F)cc2)cc1. The molecular weight excluding hydrogens is 259 g/mol. The zero-order chi connectivity index (χ0) is 14.4. The predicted octanol–water partition coefficient (Wildman–Crippen LogP) is 3.29. The lowest BCUT2D eigenvalue weighted by Crippen LogP contribution is -2.06. The second-order valence-electron chi connectivity index (χ2n) is 4.22. The van der Waals surface area contributed by atoms with E-state index in [0.717, 1.165) is 6.29 Å². The van der Waals surface area contributed by atoms with Crippen LogP contribution in [0.1, 0.15) is 27.1 Å². The summed E-state index contributed by atoms with van der Waals surface area (Å²) in [6, 6.07) is 12.1. The van der Waals surface area contributed by atoms with E-state index in [1.54, 1.807) is 24.3 Å². The highest BCUT2D eigenvalue weighted by Crippen LogP contribution is 2.12. The molecule has 0 N–H and O–H groups in total. The van der Waals surface area contributed by atoms with E-state index in [1.807, 2.05) is 0 Å². The predicted molar refractivity (Wildman–Crippen MR) is 72.7 cm³/mol. The third kappa shape index (κ3) is 3.75. The number of ether oxygens (including phenoxy) is 1. The molecule has 0 bridgehead atoms. The van der Waals surface area contributed by atoms with Crippen LogP contribution in [0.2, 0.25) is 0 Å². The lowest BCUT2D eigenvalue weighted by atomic mass is 10.1. The number of carbonyl (C=O) groups is 2. The highest BCUT2D eigenvalue weighted by molar-refractivity contribution is 5.96. The van der Waals surface area contributed by atoms with Gasteiger partial charge in [-0.15, -0.1) is 0 Å². The molecule has 2 aromatic carbocycles. The molecule has 20 heavy (non-hydrogen) atoms. The first-order valence-corrected chi connectivity index (χ1v) is 6.16. The number of aldehydes is 1. The van der Waals surface area contributed by atoms with Gasteiger partial charge in [-0.25, -0.2) is 4.39 Å². The van der Waals surface area contributed by atoms with Crippen LogP contribution in [-0.4, -0.2) is 18.7 Å². The van der Waals surface area contributed by atoms with Gasteiger partial charge in [0, 0.05) is 17.5 Å². The largest absolute Gasteiger partial charge is 0.493 e. The van der Waals surface area contributed by atoms with Gasteiger partial charge < -0.3 is 4.74 Å². The Kier molecular flexibility index (Phi) is 4.60. The van der Waals surface area contributed by atoms with Gasteiger partial charge in [0.2, 0.25) is 0 Å². The maximum atomic E-state index is 12.7. The van der Waals surface area contributed by atoms with E-state index in [-0.39, 0.29) is 24.6 Å². The molecule has 0 atom stereocenters. The molecule has 4 heteroatoms. The van der Waals surface area contributed by atoms with Gasteiger partial charge >= 0.3 is 0 Å². The maximum Gasteiger partial charge on any atom is 0.166 e. The molecule has 0 aliphatic heterocycles. The van der Waals surface area contributed by atoms with Crippen molar-refractivity contribution in [3.63, 3.8) is 0 Å². The minimum Gasteiger partial charge on any atom is -0.493 e. The van der Waals surface area contributed by atoms with E-state index in [0.29, 0.717) is 16.9 Å². The molecule has 0 aromatic heterocycles. The van der Waals surface area contributed by atoms with Crippen LogP contribution in [0, 0.1) is 5.82 Å². The topological polar surface area (TPSA) is 43.4 Å². The Bertz CT molecular complexity index is 588. The molecule has 2 aromatic rings. The lowest BCUT2D eigenvalue weighted by molar-refractivity contribution is 0.0962. The van der Waals surface area contributed by atoms with E-state index < -0.39 is 0 Å². The van der Waals surface area contributed by atoms with Crippen molar-refractivity contribution in [2.75, 3.05) is 6.61 Å². The number of hydrogen-bond acceptors (Lipinski definition) is 3. The van der Waals surface area contributed by atoms with Crippen LogP contribution in [0.4, 0.5) is 4.39 Å². The summed E-state index contributed by atoms with van der Waals surface area (Å²) in [5.74, 6) is 0.130. The molecule has 0 fully saturated rings. The van der Waals surface area contributed by atoms with Crippen molar-refractivity contribution >= 4 is 12.1 Å². The molecule has 0 saturated carbocycles. The Balaban J connectivity index is 1.84. The molecule has 0 unspecified atom stereocenters. The fourth-order valence-corrected chi connectivity index (χ4v) is 1.68. The normalized spacial score (nSPS) is 10.1. The average Bonchev–Trinajstić information content (AvgIpc) is 2.48. The zero-order valence-corrected chi connectivity index (χ0v) is 10.7. The van der Waals surface area contributed by atoms with E-state index in [9.17, 15) is 14.0 Å². The van der Waals surface area contributed by atoms with Gasteiger partial charge in [-0.3, -0.25) is 9.59 Å². The first-order chi connectivity index (χ1) is 9.69. The van der Waals surface area contributed by atoms with Crippen molar-refractivity contribution in [2.45, 2.75) is 6.42 Å². The first-order valence-electron chi connectivity index (χ1n) is 6.16. The fourth-order valence-electron chi connectivity index (χ4n) is 1.68. The number of Topliss-reactive ketones (excluding diaryl/α,β-unsaturated/α-hetero) is 1. The van der Waals surface area contributed by atoms with Crippen LogP contribution in [0.25, 0.3) is 0 Å². The second kappa shape index (κ2) is 6.61. The van der Waals surface area contributed by atoms with E-state index in [2.05, 4.69) is 0 Å². The molecule has 102 valence electrons. The summed E-state index contributed by atoms with van der Waals surface area (Å²) in [7, 11) is 0. The van der Waals surface area contributed by atoms with E-state index >= 15 is 0 Å². The molecule has 0 amide bonds. The Morgan fingerprint density at radius 1 is 1.05 bits per heavy atom. The third-order valence-corrected chi connectivity index (χ3v) is 2.78. The monoisotopic (exact) mass is 272 g/mol. The first kappa shape index (κ1) is 13.9. The highest BCUT2D eigenvalue weighted by atomic mass is 19.1. The van der Waals surface area contributed by atoms with Crippen LogP contribution in [0.5, 0.6) is 5.75 Å². The Hall–Kier alpha value is -2.49. The summed E-state index contributed by atoms with van der Waals surface area (Å²) in [5.41, 5.74) is 1.03. The number of halogens is 1. The van der Waals surface area contributed by atoms with Crippen LogP contribution in [0.3, 0.4) is 0 Å². The maximum absolute atomic E-state index is 12.7. The molecule has 0 heterocycles. The molecular formula is C16H13FO3. The molecule has 0 radical (unpaired) electrons. The minimum absolute atomic E-state index is 0.102. The standard InChI is InChI=1S/C16H13FO3/c17-14-5-3-13(4-6-14)16(19)9-10-20-15-7-1-12(11-18)2-8-15/h1-8,11H,9-10H2. The molecule has 3 nitrogen and oxygen atoms in total. The van der Waals surface area contributed by atoms with Gasteiger partial charge in [0.05, 0.1) is 6.61 Å². The van der Waals surface area contributed by atoms with Gasteiger partial charge in [-0.05, 0) is 48.5 Å². The second-order valence-corrected chi connectivity index (χ2v) is 4.22. The van der Waals surface area contributed by atoms with Crippen molar-refractivity contribution in [3.8, 4) is 5.75 Å². The van der Waals surface area contributed by atoms with Crippen molar-refractivity contribution in [2.24, 2.45) is 0 Å². The molecule has 0 aliphatic carbocycles. The van der Waals surface area contributed by atoms with E-state index in [4.69, 9.17) is 4.74 Å². The molecule has 2 rings (SSSR count). The van der Waals surface area contributed by atoms with Crippen LogP contribution in [0.15, 0.2) is 48.5 Å². The average molecular weight is 272 g/mol. The summed E-state index contributed by atoms with van der Waals surface area (Å²) in [6.07, 6.45) is 0.961. The number of ketones is 1. The molecule has 0 aliphatic rings. The minimum atomic E-state index is -0.368. The third-order valence-electron chi connectivity index (χ3n) is 2.78. The zero-order valence-electron chi connectivity index (χ0n) is 10.7. The molecule has 0 spiro atoms. The van der Waals surface area contributed by atoms with Gasteiger partial charge in [-0.1, -0.05) is 0 Å². The van der Waals surface area contributed by atoms with Gasteiger partial charge in [0.1, 0.15) is 17.9 Å². The van der Waals surface area contributed by atoms with Crippen LogP contribution in [-0.2, 0) is 0 Å². The van der Waals surface area contributed by atoms with Crippen molar-refractivity contribution < 1.29 is 18.7 Å². The Morgan fingerprint density at radius 2 is 1.70 bits per heavy atom. The fraction of sp³-hybridized carbons (Fsp3) is 0.125. The number of carbonyl (C=O) groups excluding carboxylic acids is 2. The summed E-state index contributed by atoms with van der Waals surface area (Å²) < 4.78 is 18.1.